The molecule has 2 N–H and O–H groups in total. The van der Waals surface area contributed by atoms with E-state index in [9.17, 15) is 4.79 Å². The first-order valence-corrected chi connectivity index (χ1v) is 4.55. The maximum absolute atomic E-state index is 11.5. The van der Waals surface area contributed by atoms with Crippen LogP contribution in [-0.2, 0) is 14.3 Å². The first-order valence-electron chi connectivity index (χ1n) is 4.55. The minimum atomic E-state index is -0.548. The zero-order chi connectivity index (χ0) is 10.8. The molecule has 0 spiro atoms. The van der Waals surface area contributed by atoms with Gasteiger partial charge in [-0.15, -0.1) is 0 Å². The summed E-state index contributed by atoms with van der Waals surface area (Å²) in [5.74, 6) is 0.0572. The molecule has 1 aliphatic heterocycles. The molecule has 80 valence electrons. The van der Waals surface area contributed by atoms with Gasteiger partial charge in [-0.3, -0.25) is 0 Å². The summed E-state index contributed by atoms with van der Waals surface area (Å²) in [5.41, 5.74) is 4.83. The van der Waals surface area contributed by atoms with E-state index in [-0.39, 0.29) is 19.1 Å². The number of rotatable bonds is 2. The smallest absolute Gasteiger partial charge is 0.335 e. The van der Waals surface area contributed by atoms with Gasteiger partial charge in [0.15, 0.2) is 11.9 Å². The molecule has 5 heteroatoms. The van der Waals surface area contributed by atoms with Gasteiger partial charge in [-0.25, -0.2) is 9.79 Å². The van der Waals surface area contributed by atoms with Crippen LogP contribution in [0, 0.1) is 0 Å². The van der Waals surface area contributed by atoms with Crippen LogP contribution in [0.4, 0.5) is 0 Å². The molecule has 0 amide bonds. The standard InChI is InChI=1S/C9H16N2O3/c1-9(2,3)14-8(12)6-5-13-7(4-10)11-6/h6H,4-5,10H2,1-3H3. The molecule has 1 heterocycles. The van der Waals surface area contributed by atoms with Crippen LogP contribution in [0.25, 0.3) is 0 Å². The summed E-state index contributed by atoms with van der Waals surface area (Å²) in [4.78, 5) is 15.5. The number of carbonyl (C=O) groups is 1. The molecule has 1 aliphatic rings. The Morgan fingerprint density at radius 3 is 2.79 bits per heavy atom. The van der Waals surface area contributed by atoms with Crippen LogP contribution in [0.15, 0.2) is 4.99 Å². The van der Waals surface area contributed by atoms with Gasteiger partial charge in [0, 0.05) is 0 Å². The molecule has 0 aromatic carbocycles. The van der Waals surface area contributed by atoms with E-state index >= 15 is 0 Å². The number of nitrogens with two attached hydrogens (primary N) is 1. The third-order valence-corrected chi connectivity index (χ3v) is 1.56. The molecule has 0 radical (unpaired) electrons. The number of hydrogen-bond acceptors (Lipinski definition) is 5. The maximum atomic E-state index is 11.5. The Bertz CT molecular complexity index is 255. The second-order valence-corrected chi connectivity index (χ2v) is 4.09. The highest BCUT2D eigenvalue weighted by atomic mass is 16.6. The van der Waals surface area contributed by atoms with Crippen LogP contribution in [0.2, 0.25) is 0 Å². The third kappa shape index (κ3) is 2.99. The van der Waals surface area contributed by atoms with Crippen LogP contribution in [0.5, 0.6) is 0 Å². The van der Waals surface area contributed by atoms with E-state index in [1.54, 1.807) is 0 Å². The quantitative estimate of drug-likeness (QED) is 0.641. The Kier molecular flexibility index (Phi) is 3.10. The van der Waals surface area contributed by atoms with Crippen molar-refractivity contribution in [1.29, 1.82) is 0 Å². The van der Waals surface area contributed by atoms with Crippen molar-refractivity contribution >= 4 is 11.9 Å². The first kappa shape index (κ1) is 11.0. The van der Waals surface area contributed by atoms with Crippen LogP contribution in [0.3, 0.4) is 0 Å². The van der Waals surface area contributed by atoms with E-state index in [4.69, 9.17) is 15.2 Å². The Morgan fingerprint density at radius 2 is 2.36 bits per heavy atom. The van der Waals surface area contributed by atoms with Crippen LogP contribution in [-0.4, -0.2) is 36.7 Å². The number of ether oxygens (including phenoxy) is 2. The largest absolute Gasteiger partial charge is 0.477 e. The van der Waals surface area contributed by atoms with Crippen molar-refractivity contribution in [2.45, 2.75) is 32.4 Å². The molecule has 1 atom stereocenters. The summed E-state index contributed by atoms with van der Waals surface area (Å²) in [6.07, 6.45) is 0. The SMILES string of the molecule is CC(C)(C)OC(=O)C1COC(CN)=N1. The van der Waals surface area contributed by atoms with Crippen molar-refractivity contribution < 1.29 is 14.3 Å². The van der Waals surface area contributed by atoms with E-state index in [2.05, 4.69) is 4.99 Å². The lowest BCUT2D eigenvalue weighted by Gasteiger charge is -2.20. The topological polar surface area (TPSA) is 73.9 Å². The molecule has 0 aromatic heterocycles. The first-order chi connectivity index (χ1) is 6.42. The Balaban J connectivity index is 2.52. The van der Waals surface area contributed by atoms with Crippen molar-refractivity contribution in [2.75, 3.05) is 13.2 Å². The van der Waals surface area contributed by atoms with Crippen molar-refractivity contribution in [3.05, 3.63) is 0 Å². The van der Waals surface area contributed by atoms with Crippen LogP contribution >= 0.6 is 0 Å². The molecule has 0 saturated carbocycles. The molecule has 0 aliphatic carbocycles. The highest BCUT2D eigenvalue weighted by Crippen LogP contribution is 2.12. The van der Waals surface area contributed by atoms with Crippen molar-refractivity contribution in [3.8, 4) is 0 Å². The number of aliphatic imine (C=N–C) groups is 1. The summed E-state index contributed by atoms with van der Waals surface area (Å²) < 4.78 is 10.2. The monoisotopic (exact) mass is 200 g/mol. The molecule has 1 rings (SSSR count). The van der Waals surface area contributed by atoms with Crippen LogP contribution < -0.4 is 5.73 Å². The zero-order valence-corrected chi connectivity index (χ0v) is 8.74. The van der Waals surface area contributed by atoms with Gasteiger partial charge in [-0.1, -0.05) is 0 Å². The van der Waals surface area contributed by atoms with Gasteiger partial charge >= 0.3 is 5.97 Å². The molecule has 5 nitrogen and oxygen atoms in total. The summed E-state index contributed by atoms with van der Waals surface area (Å²) >= 11 is 0. The summed E-state index contributed by atoms with van der Waals surface area (Å²) in [6, 6.07) is -0.548. The Morgan fingerprint density at radius 1 is 1.71 bits per heavy atom. The Hall–Kier alpha value is -1.10. The summed E-state index contributed by atoms with van der Waals surface area (Å²) in [5, 5.41) is 0. The van der Waals surface area contributed by atoms with E-state index < -0.39 is 11.6 Å². The van der Waals surface area contributed by atoms with Gasteiger partial charge in [-0.2, -0.15) is 0 Å². The lowest BCUT2D eigenvalue weighted by atomic mass is 10.2. The fourth-order valence-corrected chi connectivity index (χ4v) is 1.03. The minimum Gasteiger partial charge on any atom is -0.477 e. The van der Waals surface area contributed by atoms with Gasteiger partial charge in [0.2, 0.25) is 0 Å². The zero-order valence-electron chi connectivity index (χ0n) is 8.74. The van der Waals surface area contributed by atoms with Gasteiger partial charge in [-0.05, 0) is 20.8 Å². The lowest BCUT2D eigenvalue weighted by molar-refractivity contribution is -0.156. The summed E-state index contributed by atoms with van der Waals surface area (Å²) in [7, 11) is 0. The fraction of sp³-hybridized carbons (Fsp3) is 0.778. The fourth-order valence-electron chi connectivity index (χ4n) is 1.03. The van der Waals surface area contributed by atoms with E-state index in [1.165, 1.54) is 0 Å². The minimum absolute atomic E-state index is 0.222. The highest BCUT2D eigenvalue weighted by Gasteiger charge is 2.29. The number of hydrogen-bond donors (Lipinski definition) is 1. The molecule has 0 fully saturated rings. The molecule has 0 bridgehead atoms. The van der Waals surface area contributed by atoms with Gasteiger partial charge in [0.1, 0.15) is 12.2 Å². The molecule has 14 heavy (non-hydrogen) atoms. The Labute approximate surface area is 83.3 Å². The molecular weight excluding hydrogens is 184 g/mol. The summed E-state index contributed by atoms with van der Waals surface area (Å²) in [6.45, 7) is 5.90. The average Bonchev–Trinajstić information content (AvgIpc) is 2.48. The van der Waals surface area contributed by atoms with Crippen molar-refractivity contribution in [3.63, 3.8) is 0 Å². The average molecular weight is 200 g/mol. The van der Waals surface area contributed by atoms with Crippen molar-refractivity contribution in [2.24, 2.45) is 10.7 Å². The molecule has 1 unspecified atom stereocenters. The normalized spacial score (nSPS) is 21.4. The second-order valence-electron chi connectivity index (χ2n) is 4.09. The second kappa shape index (κ2) is 3.96. The van der Waals surface area contributed by atoms with E-state index in [0.29, 0.717) is 5.90 Å². The lowest BCUT2D eigenvalue weighted by Crippen LogP contribution is -2.31. The number of esters is 1. The van der Waals surface area contributed by atoms with Crippen LogP contribution in [0.1, 0.15) is 20.8 Å². The van der Waals surface area contributed by atoms with Gasteiger partial charge in [0.05, 0.1) is 6.54 Å². The molecule has 0 saturated heterocycles. The molecule has 0 aromatic rings. The van der Waals surface area contributed by atoms with Gasteiger partial charge < -0.3 is 15.2 Å². The van der Waals surface area contributed by atoms with E-state index in [1.807, 2.05) is 20.8 Å². The number of carbonyl (C=O) groups excluding carboxylic acids is 1. The predicted molar refractivity (Wildman–Crippen MR) is 52.1 cm³/mol. The van der Waals surface area contributed by atoms with E-state index in [0.717, 1.165) is 0 Å². The molecular formula is C9H16N2O3. The van der Waals surface area contributed by atoms with Gasteiger partial charge in [0.25, 0.3) is 0 Å². The van der Waals surface area contributed by atoms with Crippen molar-refractivity contribution in [1.82, 2.24) is 0 Å². The highest BCUT2D eigenvalue weighted by molar-refractivity contribution is 5.86. The third-order valence-electron chi connectivity index (χ3n) is 1.56. The maximum Gasteiger partial charge on any atom is 0.335 e. The predicted octanol–water partition coefficient (Wildman–Crippen LogP) is 0.0841. The number of nitrogens with zero attached hydrogens (tertiary/aromatic N) is 1.